The van der Waals surface area contributed by atoms with Crippen LogP contribution >= 0.6 is 0 Å². The van der Waals surface area contributed by atoms with E-state index in [9.17, 15) is 12.8 Å². The van der Waals surface area contributed by atoms with Crippen LogP contribution in [0.25, 0.3) is 0 Å². The predicted molar refractivity (Wildman–Crippen MR) is 80.2 cm³/mol. The first kappa shape index (κ1) is 18.0. The molecule has 0 spiro atoms. The first-order valence-corrected chi connectivity index (χ1v) is 8.39. The average molecular weight is 318 g/mol. The second-order valence-corrected chi connectivity index (χ2v) is 6.50. The van der Waals surface area contributed by atoms with Crippen LogP contribution in [0.2, 0.25) is 0 Å². The van der Waals surface area contributed by atoms with Crippen LogP contribution in [0.3, 0.4) is 0 Å². The summed E-state index contributed by atoms with van der Waals surface area (Å²) in [4.78, 5) is 0.0896. The second kappa shape index (κ2) is 8.43. The van der Waals surface area contributed by atoms with E-state index in [0.29, 0.717) is 37.2 Å². The number of ether oxygens (including phenoxy) is 1. The van der Waals surface area contributed by atoms with Gasteiger partial charge in [-0.25, -0.2) is 17.5 Å². The van der Waals surface area contributed by atoms with Gasteiger partial charge in [0.05, 0.1) is 4.90 Å². The van der Waals surface area contributed by atoms with E-state index in [2.05, 4.69) is 10.0 Å². The Kier molecular flexibility index (Phi) is 7.24. The lowest BCUT2D eigenvalue weighted by molar-refractivity contribution is 0.196. The molecule has 0 aliphatic heterocycles. The molecule has 0 heterocycles. The molecule has 0 unspecified atom stereocenters. The highest BCUT2D eigenvalue weighted by Gasteiger charge is 2.17. The van der Waals surface area contributed by atoms with Gasteiger partial charge in [0.1, 0.15) is 5.82 Å². The van der Waals surface area contributed by atoms with Gasteiger partial charge in [-0.1, -0.05) is 6.92 Å². The molecule has 0 bridgehead atoms. The van der Waals surface area contributed by atoms with Crippen molar-refractivity contribution in [2.45, 2.75) is 31.7 Å². The van der Waals surface area contributed by atoms with Gasteiger partial charge in [-0.15, -0.1) is 0 Å². The molecule has 0 radical (unpaired) electrons. The molecule has 0 atom stereocenters. The molecule has 0 saturated heterocycles. The summed E-state index contributed by atoms with van der Waals surface area (Å²) in [6, 6.07) is 2.73. The molecule has 0 saturated carbocycles. The minimum absolute atomic E-state index is 0.0896. The van der Waals surface area contributed by atoms with E-state index in [4.69, 9.17) is 4.74 Å². The third-order valence-corrected chi connectivity index (χ3v) is 4.44. The minimum atomic E-state index is -3.63. The van der Waals surface area contributed by atoms with Gasteiger partial charge in [0.15, 0.2) is 0 Å². The molecule has 7 heteroatoms. The summed E-state index contributed by atoms with van der Waals surface area (Å²) >= 11 is 0. The van der Waals surface area contributed by atoms with E-state index in [-0.39, 0.29) is 17.3 Å². The Morgan fingerprint density at radius 2 is 2.05 bits per heavy atom. The third-order valence-electron chi connectivity index (χ3n) is 3.00. The maximum Gasteiger partial charge on any atom is 0.240 e. The molecule has 1 aromatic carbocycles. The number of hydrogen-bond acceptors (Lipinski definition) is 4. The van der Waals surface area contributed by atoms with Crippen molar-refractivity contribution in [3.63, 3.8) is 0 Å². The molecule has 0 aromatic heterocycles. The van der Waals surface area contributed by atoms with Gasteiger partial charge in [0.25, 0.3) is 0 Å². The number of rotatable bonds is 9. The van der Waals surface area contributed by atoms with Gasteiger partial charge in [0, 0.05) is 32.4 Å². The number of hydrogen-bond donors (Lipinski definition) is 2. The van der Waals surface area contributed by atoms with Crippen molar-refractivity contribution in [2.75, 3.05) is 26.8 Å². The molecule has 1 rings (SSSR count). The Bertz CT molecular complexity index is 562. The Morgan fingerprint density at radius 3 is 2.67 bits per heavy atom. The number of halogens is 1. The van der Waals surface area contributed by atoms with Gasteiger partial charge >= 0.3 is 0 Å². The lowest BCUT2D eigenvalue weighted by Gasteiger charge is -2.11. The van der Waals surface area contributed by atoms with Crippen LogP contribution in [0.1, 0.15) is 24.5 Å². The molecule has 120 valence electrons. The summed E-state index contributed by atoms with van der Waals surface area (Å²) in [6.45, 7) is 5.23. The SMILES string of the molecule is CCNCc1cc(S(=O)(=O)NCCCOC)cc(C)c1F. The van der Waals surface area contributed by atoms with Crippen LogP contribution in [0.4, 0.5) is 4.39 Å². The fourth-order valence-corrected chi connectivity index (χ4v) is 3.07. The van der Waals surface area contributed by atoms with Crippen LogP contribution < -0.4 is 10.0 Å². The normalized spacial score (nSPS) is 11.8. The summed E-state index contributed by atoms with van der Waals surface area (Å²) in [7, 11) is -2.07. The zero-order valence-electron chi connectivity index (χ0n) is 12.7. The minimum Gasteiger partial charge on any atom is -0.385 e. The number of aryl methyl sites for hydroxylation is 1. The van der Waals surface area contributed by atoms with Gasteiger partial charge < -0.3 is 10.1 Å². The molecule has 0 amide bonds. The lowest BCUT2D eigenvalue weighted by Crippen LogP contribution is -2.26. The maximum absolute atomic E-state index is 14.0. The van der Waals surface area contributed by atoms with Gasteiger partial charge in [-0.2, -0.15) is 0 Å². The average Bonchev–Trinajstić information content (AvgIpc) is 2.45. The first-order chi connectivity index (χ1) is 9.92. The Balaban J connectivity index is 2.93. The Hall–Kier alpha value is -1.02. The van der Waals surface area contributed by atoms with Crippen molar-refractivity contribution >= 4 is 10.0 Å². The summed E-state index contributed by atoms with van der Waals surface area (Å²) in [5.41, 5.74) is 0.678. The standard InChI is InChI=1S/C14H23FN2O3S/c1-4-16-10-12-9-13(8-11(2)14(12)15)21(18,19)17-6-5-7-20-3/h8-9,16-17H,4-7,10H2,1-3H3. The van der Waals surface area contributed by atoms with E-state index in [1.165, 1.54) is 12.1 Å². The van der Waals surface area contributed by atoms with Gasteiger partial charge in [0.2, 0.25) is 10.0 Å². The van der Waals surface area contributed by atoms with Crippen LogP contribution in [0.5, 0.6) is 0 Å². The highest BCUT2D eigenvalue weighted by Crippen LogP contribution is 2.19. The van der Waals surface area contributed by atoms with Gasteiger partial charge in [-0.05, 0) is 37.6 Å². The second-order valence-electron chi connectivity index (χ2n) is 4.74. The van der Waals surface area contributed by atoms with Crippen LogP contribution in [-0.2, 0) is 21.3 Å². The topological polar surface area (TPSA) is 67.4 Å². The van der Waals surface area contributed by atoms with Crippen molar-refractivity contribution in [1.29, 1.82) is 0 Å². The van der Waals surface area contributed by atoms with Crippen molar-refractivity contribution < 1.29 is 17.5 Å². The molecular formula is C14H23FN2O3S. The fourth-order valence-electron chi connectivity index (χ4n) is 1.86. The predicted octanol–water partition coefficient (Wildman–Crippen LogP) is 1.56. The van der Waals surface area contributed by atoms with E-state index >= 15 is 0 Å². The highest BCUT2D eigenvalue weighted by molar-refractivity contribution is 7.89. The third kappa shape index (κ3) is 5.35. The van der Waals surface area contributed by atoms with Gasteiger partial charge in [-0.3, -0.25) is 0 Å². The number of sulfonamides is 1. The highest BCUT2D eigenvalue weighted by atomic mass is 32.2. The van der Waals surface area contributed by atoms with Crippen molar-refractivity contribution in [3.8, 4) is 0 Å². The zero-order valence-corrected chi connectivity index (χ0v) is 13.5. The maximum atomic E-state index is 14.0. The molecule has 0 aliphatic carbocycles. The summed E-state index contributed by atoms with van der Waals surface area (Å²) in [6.07, 6.45) is 0.583. The largest absolute Gasteiger partial charge is 0.385 e. The van der Waals surface area contributed by atoms with Crippen molar-refractivity contribution in [2.24, 2.45) is 0 Å². The molecule has 5 nitrogen and oxygen atoms in total. The quantitative estimate of drug-likeness (QED) is 0.678. The molecule has 21 heavy (non-hydrogen) atoms. The fraction of sp³-hybridized carbons (Fsp3) is 0.571. The summed E-state index contributed by atoms with van der Waals surface area (Å²) in [5, 5.41) is 3.00. The smallest absolute Gasteiger partial charge is 0.240 e. The van der Waals surface area contributed by atoms with Crippen LogP contribution in [0.15, 0.2) is 17.0 Å². The molecule has 1 aromatic rings. The van der Waals surface area contributed by atoms with E-state index < -0.39 is 10.0 Å². The van der Waals surface area contributed by atoms with E-state index in [1.54, 1.807) is 14.0 Å². The lowest BCUT2D eigenvalue weighted by atomic mass is 10.1. The Labute approximate surface area is 125 Å². The van der Waals surface area contributed by atoms with E-state index in [0.717, 1.165) is 0 Å². The van der Waals surface area contributed by atoms with Crippen molar-refractivity contribution in [1.82, 2.24) is 10.0 Å². The number of benzene rings is 1. The zero-order chi connectivity index (χ0) is 15.9. The van der Waals surface area contributed by atoms with Crippen molar-refractivity contribution in [3.05, 3.63) is 29.1 Å². The summed E-state index contributed by atoms with van der Waals surface area (Å²) < 4.78 is 45.7. The van der Waals surface area contributed by atoms with Crippen LogP contribution in [-0.4, -0.2) is 35.2 Å². The summed E-state index contributed by atoms with van der Waals surface area (Å²) in [5.74, 6) is -0.366. The van der Waals surface area contributed by atoms with Crippen LogP contribution in [0, 0.1) is 12.7 Å². The number of methoxy groups -OCH3 is 1. The molecule has 0 fully saturated rings. The molecule has 2 N–H and O–H groups in total. The molecular weight excluding hydrogens is 295 g/mol. The Morgan fingerprint density at radius 1 is 1.33 bits per heavy atom. The molecule has 0 aliphatic rings. The number of nitrogens with one attached hydrogen (secondary N) is 2. The monoisotopic (exact) mass is 318 g/mol. The first-order valence-electron chi connectivity index (χ1n) is 6.90. The van der Waals surface area contributed by atoms with E-state index in [1.807, 2.05) is 6.92 Å².